The van der Waals surface area contributed by atoms with Crippen molar-refractivity contribution >= 4 is 36.7 Å². The first-order valence-corrected chi connectivity index (χ1v) is 12.0. The van der Waals surface area contributed by atoms with Crippen molar-refractivity contribution in [2.75, 3.05) is 11.9 Å². The summed E-state index contributed by atoms with van der Waals surface area (Å²) in [6.45, 7) is 3.33. The van der Waals surface area contributed by atoms with Gasteiger partial charge in [-0.1, -0.05) is 13.8 Å². The normalized spacial score (nSPS) is 29.1. The lowest BCUT2D eigenvalue weighted by atomic mass is 10.1. The summed E-state index contributed by atoms with van der Waals surface area (Å²) in [6, 6.07) is 0. The number of H-pyrrole nitrogens is 1. The van der Waals surface area contributed by atoms with Crippen molar-refractivity contribution in [3.05, 3.63) is 16.8 Å². The third-order valence-corrected chi connectivity index (χ3v) is 6.14. The number of imidazole rings is 1. The van der Waals surface area contributed by atoms with E-state index in [2.05, 4.69) is 20.3 Å². The molecule has 180 valence electrons. The number of hydrogen-bond donors (Lipinski definition) is 3. The van der Waals surface area contributed by atoms with Gasteiger partial charge in [-0.15, -0.1) is 0 Å². The molecular formula is C18H24N5O9P. The Morgan fingerprint density at radius 1 is 1.33 bits per heavy atom. The smallest absolute Gasteiger partial charge is 0.455 e. The molecule has 2 aromatic heterocycles. The molecule has 2 aliphatic rings. The Morgan fingerprint density at radius 3 is 2.82 bits per heavy atom. The van der Waals surface area contributed by atoms with Crippen LogP contribution in [-0.4, -0.2) is 61.2 Å². The molecule has 1 amide bonds. The molecule has 3 N–H and O–H groups in total. The topological polar surface area (TPSA) is 184 Å². The van der Waals surface area contributed by atoms with E-state index in [0.717, 1.165) is 10.9 Å². The Labute approximate surface area is 187 Å². The molecule has 0 spiro atoms. The van der Waals surface area contributed by atoms with Gasteiger partial charge >= 0.3 is 19.5 Å². The number of nitrogens with zero attached hydrogens (tertiary/aromatic N) is 3. The third-order valence-electron chi connectivity index (χ3n) is 5.16. The lowest BCUT2D eigenvalue weighted by Crippen LogP contribution is -2.42. The number of rotatable bonds is 7. The Balaban J connectivity index is 1.74. The molecule has 4 heterocycles. The van der Waals surface area contributed by atoms with Gasteiger partial charge in [0, 0.05) is 12.8 Å². The second-order valence-electron chi connectivity index (χ2n) is 7.62. The molecule has 0 radical (unpaired) electrons. The van der Waals surface area contributed by atoms with Crippen molar-refractivity contribution in [2.45, 2.75) is 64.1 Å². The van der Waals surface area contributed by atoms with Crippen LogP contribution in [-0.2, 0) is 32.7 Å². The second kappa shape index (κ2) is 9.31. The Bertz CT molecular complexity index is 1160. The van der Waals surface area contributed by atoms with Crippen molar-refractivity contribution in [3.8, 4) is 0 Å². The number of aromatic amines is 1. The number of esters is 1. The highest BCUT2D eigenvalue weighted by molar-refractivity contribution is 7.47. The van der Waals surface area contributed by atoms with E-state index in [-0.39, 0.29) is 42.3 Å². The van der Waals surface area contributed by atoms with Gasteiger partial charge in [-0.05, 0) is 12.8 Å². The van der Waals surface area contributed by atoms with Gasteiger partial charge in [0.25, 0.3) is 0 Å². The van der Waals surface area contributed by atoms with E-state index in [1.165, 1.54) is 0 Å². The molecule has 2 aromatic rings. The van der Waals surface area contributed by atoms with Gasteiger partial charge in [-0.25, -0.2) is 23.9 Å². The van der Waals surface area contributed by atoms with Gasteiger partial charge in [0.05, 0.1) is 6.61 Å². The number of aromatic nitrogens is 4. The summed E-state index contributed by atoms with van der Waals surface area (Å²) in [4.78, 5) is 57.7. The predicted octanol–water partition coefficient (Wildman–Crippen LogP) is 0.983. The monoisotopic (exact) mass is 485 g/mol. The van der Waals surface area contributed by atoms with Crippen LogP contribution in [0.5, 0.6) is 0 Å². The first-order chi connectivity index (χ1) is 15.7. The number of phosphoric acid groups is 1. The number of anilines is 1. The van der Waals surface area contributed by atoms with Crippen LogP contribution in [0.2, 0.25) is 0 Å². The summed E-state index contributed by atoms with van der Waals surface area (Å²) in [5, 5.41) is 2.62. The lowest BCUT2D eigenvalue weighted by Gasteiger charge is -2.29. The number of phosphoric ester groups is 1. The second-order valence-corrected chi connectivity index (χ2v) is 9.03. The SMILES string of the molecule is CCCC(=O)Nc1ncnc2c1[nH]c(=O)n2[C@@H]1O[C@@H]2COP(=O)(O)O[C@H]2[C@H]1OC(=O)CCC. The van der Waals surface area contributed by atoms with Crippen molar-refractivity contribution in [1.29, 1.82) is 0 Å². The fourth-order valence-corrected chi connectivity index (χ4v) is 4.72. The average Bonchev–Trinajstić information content (AvgIpc) is 3.25. The summed E-state index contributed by atoms with van der Waals surface area (Å²) < 4.78 is 34.4. The van der Waals surface area contributed by atoms with E-state index in [9.17, 15) is 23.8 Å². The molecule has 0 saturated carbocycles. The highest BCUT2D eigenvalue weighted by Gasteiger charge is 2.55. The number of carbonyl (C=O) groups excluding carboxylic acids is 2. The maximum Gasteiger partial charge on any atom is 0.472 e. The minimum atomic E-state index is -4.39. The fourth-order valence-electron chi connectivity index (χ4n) is 3.76. The van der Waals surface area contributed by atoms with E-state index in [1.54, 1.807) is 6.92 Å². The lowest BCUT2D eigenvalue weighted by molar-refractivity contribution is -0.158. The largest absolute Gasteiger partial charge is 0.472 e. The average molecular weight is 485 g/mol. The molecule has 2 aliphatic heterocycles. The molecule has 15 heteroatoms. The molecule has 14 nitrogen and oxygen atoms in total. The first kappa shape index (κ1) is 23.5. The Kier molecular flexibility index (Phi) is 6.64. The standard InChI is InChI=1S/C18H24N5O9P/c1-3-5-10(24)21-15-12-16(20-8-19-15)23(18(26)22-12)17-14(31-11(25)6-4-2)13-9(30-17)7-29-33(27,28)32-13/h8-9,13-14,17H,3-7H2,1-2H3,(H,22,26)(H,27,28)(H,19,20,21,24)/t9-,13-,14-,17-/m1/s1. The summed E-state index contributed by atoms with van der Waals surface area (Å²) in [5.74, 6) is -0.775. The van der Waals surface area contributed by atoms with Gasteiger partial charge in [-0.2, -0.15) is 0 Å². The van der Waals surface area contributed by atoms with Crippen LogP contribution >= 0.6 is 7.82 Å². The maximum atomic E-state index is 12.9. The van der Waals surface area contributed by atoms with Crippen molar-refractivity contribution in [2.24, 2.45) is 0 Å². The third kappa shape index (κ3) is 4.70. The van der Waals surface area contributed by atoms with E-state index >= 15 is 0 Å². The number of amides is 1. The zero-order chi connectivity index (χ0) is 23.8. The van der Waals surface area contributed by atoms with Crippen molar-refractivity contribution < 1.29 is 37.6 Å². The van der Waals surface area contributed by atoms with Crippen LogP contribution in [0.15, 0.2) is 11.1 Å². The number of ether oxygens (including phenoxy) is 2. The molecule has 33 heavy (non-hydrogen) atoms. The molecule has 2 fully saturated rings. The van der Waals surface area contributed by atoms with Crippen LogP contribution in [0.4, 0.5) is 5.82 Å². The minimum Gasteiger partial charge on any atom is -0.455 e. The van der Waals surface area contributed by atoms with Crippen LogP contribution in [0.25, 0.3) is 11.2 Å². The summed E-state index contributed by atoms with van der Waals surface area (Å²) in [5.41, 5.74) is -0.450. The highest BCUT2D eigenvalue weighted by Crippen LogP contribution is 2.53. The first-order valence-electron chi connectivity index (χ1n) is 10.5. The predicted molar refractivity (Wildman–Crippen MR) is 111 cm³/mol. The van der Waals surface area contributed by atoms with Gasteiger partial charge in [0.1, 0.15) is 24.1 Å². The number of nitrogens with one attached hydrogen (secondary N) is 2. The van der Waals surface area contributed by atoms with E-state index < -0.39 is 44.0 Å². The van der Waals surface area contributed by atoms with E-state index in [1.807, 2.05) is 6.92 Å². The fraction of sp³-hybridized carbons (Fsp3) is 0.611. The summed E-state index contributed by atoms with van der Waals surface area (Å²) in [6.07, 6.45) is -1.86. The van der Waals surface area contributed by atoms with Crippen molar-refractivity contribution in [1.82, 2.24) is 19.5 Å². The van der Waals surface area contributed by atoms with Crippen LogP contribution in [0, 0.1) is 0 Å². The molecule has 0 bridgehead atoms. The number of fused-ring (bicyclic) bond motifs is 2. The number of hydrogen-bond acceptors (Lipinski definition) is 10. The summed E-state index contributed by atoms with van der Waals surface area (Å²) >= 11 is 0. The molecule has 2 saturated heterocycles. The van der Waals surface area contributed by atoms with Crippen LogP contribution in [0.3, 0.4) is 0 Å². The maximum absolute atomic E-state index is 12.9. The highest BCUT2D eigenvalue weighted by atomic mass is 31.2. The van der Waals surface area contributed by atoms with Gasteiger partial charge in [0.2, 0.25) is 5.91 Å². The van der Waals surface area contributed by atoms with Crippen LogP contribution < -0.4 is 11.0 Å². The van der Waals surface area contributed by atoms with Gasteiger partial charge in [-0.3, -0.25) is 18.6 Å². The molecule has 0 aliphatic carbocycles. The quantitative estimate of drug-likeness (QED) is 0.375. The molecule has 4 rings (SSSR count). The van der Waals surface area contributed by atoms with Crippen molar-refractivity contribution in [3.63, 3.8) is 0 Å². The Hall–Kier alpha value is -2.64. The zero-order valence-electron chi connectivity index (χ0n) is 17.9. The summed E-state index contributed by atoms with van der Waals surface area (Å²) in [7, 11) is -4.39. The Morgan fingerprint density at radius 2 is 2.09 bits per heavy atom. The minimum absolute atomic E-state index is 0.0788. The van der Waals surface area contributed by atoms with E-state index in [0.29, 0.717) is 12.8 Å². The molecular weight excluding hydrogens is 461 g/mol. The molecule has 1 unspecified atom stereocenters. The molecule has 5 atom stereocenters. The van der Waals surface area contributed by atoms with Gasteiger partial charge < -0.3 is 24.7 Å². The molecule has 0 aromatic carbocycles. The number of carbonyl (C=O) groups is 2. The van der Waals surface area contributed by atoms with E-state index in [4.69, 9.17) is 18.5 Å². The van der Waals surface area contributed by atoms with Gasteiger partial charge in [0.15, 0.2) is 23.8 Å². The zero-order valence-corrected chi connectivity index (χ0v) is 18.8. The van der Waals surface area contributed by atoms with Crippen LogP contribution in [0.1, 0.15) is 45.8 Å².